The molecule has 0 saturated carbocycles. The zero-order chi connectivity index (χ0) is 17.3. The second-order valence-corrected chi connectivity index (χ2v) is 6.89. The first-order chi connectivity index (χ1) is 11.5. The van der Waals surface area contributed by atoms with Crippen molar-refractivity contribution in [3.8, 4) is 0 Å². The smallest absolute Gasteiger partial charge is 0.259 e. The lowest BCUT2D eigenvalue weighted by molar-refractivity contribution is 0.0783. The van der Waals surface area contributed by atoms with E-state index in [1.54, 1.807) is 0 Å². The van der Waals surface area contributed by atoms with Crippen molar-refractivity contribution in [3.05, 3.63) is 52.9 Å². The predicted octanol–water partition coefficient (Wildman–Crippen LogP) is 2.92. The van der Waals surface area contributed by atoms with E-state index >= 15 is 0 Å². The average Bonchev–Trinajstić information content (AvgIpc) is 3.18. The second kappa shape index (κ2) is 6.77. The molecule has 1 amide bonds. The Kier molecular flexibility index (Phi) is 4.71. The molecule has 0 aliphatic carbocycles. The van der Waals surface area contributed by atoms with Gasteiger partial charge in [0.2, 0.25) is 0 Å². The number of amides is 1. The summed E-state index contributed by atoms with van der Waals surface area (Å²) in [5.74, 6) is 1.36. The van der Waals surface area contributed by atoms with Crippen LogP contribution < -0.4 is 5.73 Å². The number of likely N-dealkylation sites (tertiary alicyclic amines) is 1. The van der Waals surface area contributed by atoms with Crippen LogP contribution in [0.1, 0.15) is 53.1 Å². The maximum atomic E-state index is 13.1. The normalized spacial score (nSPS) is 20.8. The molecule has 0 radical (unpaired) electrons. The summed E-state index contributed by atoms with van der Waals surface area (Å²) < 4.78 is 5.38. The minimum Gasteiger partial charge on any atom is -0.360 e. The number of benzene rings is 1. The highest BCUT2D eigenvalue weighted by atomic mass is 16.5. The van der Waals surface area contributed by atoms with Crippen LogP contribution in [0, 0.1) is 12.8 Å². The summed E-state index contributed by atoms with van der Waals surface area (Å²) in [7, 11) is 0. The fraction of sp³-hybridized carbons (Fsp3) is 0.474. The summed E-state index contributed by atoms with van der Waals surface area (Å²) in [6.07, 6.45) is 0. The van der Waals surface area contributed by atoms with Gasteiger partial charge in [0.15, 0.2) is 5.76 Å². The van der Waals surface area contributed by atoms with Gasteiger partial charge < -0.3 is 15.2 Å². The number of aromatic nitrogens is 1. The van der Waals surface area contributed by atoms with Crippen LogP contribution in [0.25, 0.3) is 0 Å². The Balaban J connectivity index is 1.86. The third-order valence-electron chi connectivity index (χ3n) is 4.89. The van der Waals surface area contributed by atoms with Gasteiger partial charge in [-0.25, -0.2) is 0 Å². The molecule has 3 rings (SSSR count). The molecule has 2 atom stereocenters. The topological polar surface area (TPSA) is 72.4 Å². The van der Waals surface area contributed by atoms with Crippen molar-refractivity contribution in [1.82, 2.24) is 10.1 Å². The molecule has 0 spiro atoms. The van der Waals surface area contributed by atoms with E-state index in [2.05, 4.69) is 17.3 Å². The molecule has 24 heavy (non-hydrogen) atoms. The molecule has 5 nitrogen and oxygen atoms in total. The first-order valence-electron chi connectivity index (χ1n) is 8.53. The summed E-state index contributed by atoms with van der Waals surface area (Å²) in [5.41, 5.74) is 8.51. The van der Waals surface area contributed by atoms with E-state index in [1.807, 2.05) is 43.9 Å². The molecule has 0 unspecified atom stereocenters. The van der Waals surface area contributed by atoms with Crippen molar-refractivity contribution >= 4 is 5.91 Å². The zero-order valence-electron chi connectivity index (χ0n) is 14.5. The molecule has 1 aliphatic rings. The number of hydrogen-bond acceptors (Lipinski definition) is 4. The third kappa shape index (κ3) is 2.96. The Morgan fingerprint density at radius 2 is 2.04 bits per heavy atom. The molecule has 1 fully saturated rings. The molecule has 128 valence electrons. The van der Waals surface area contributed by atoms with Gasteiger partial charge in [0.1, 0.15) is 5.56 Å². The number of carbonyl (C=O) groups is 1. The summed E-state index contributed by atoms with van der Waals surface area (Å²) in [4.78, 5) is 15.0. The highest BCUT2D eigenvalue weighted by molar-refractivity contribution is 5.96. The van der Waals surface area contributed by atoms with Crippen LogP contribution >= 0.6 is 0 Å². The average molecular weight is 327 g/mol. The molecule has 2 aromatic rings. The lowest BCUT2D eigenvalue weighted by atomic mass is 9.89. The number of carbonyl (C=O) groups excluding carboxylic acids is 1. The van der Waals surface area contributed by atoms with Crippen molar-refractivity contribution in [2.75, 3.05) is 19.6 Å². The van der Waals surface area contributed by atoms with Crippen molar-refractivity contribution in [1.29, 1.82) is 0 Å². The quantitative estimate of drug-likeness (QED) is 0.937. The predicted molar refractivity (Wildman–Crippen MR) is 93.0 cm³/mol. The van der Waals surface area contributed by atoms with Gasteiger partial charge in [-0.1, -0.05) is 49.3 Å². The standard InChI is InChI=1S/C19H25N3O2/c1-12(2)18-17(13(3)21-24-18)19(23)22-10-15(9-20)16(11-22)14-7-5-4-6-8-14/h4-8,12,15-16H,9-11,20H2,1-3H3/t15-,16+/m1/s1. The SMILES string of the molecule is Cc1noc(C(C)C)c1C(=O)N1C[C@@H](CN)[C@H](c2ccccc2)C1. The van der Waals surface area contributed by atoms with Crippen molar-refractivity contribution in [2.45, 2.75) is 32.6 Å². The summed E-state index contributed by atoms with van der Waals surface area (Å²) in [6.45, 7) is 7.78. The minimum absolute atomic E-state index is 0.00864. The number of rotatable bonds is 4. The molecule has 2 N–H and O–H groups in total. The Labute approximate surface area is 142 Å². The first-order valence-corrected chi connectivity index (χ1v) is 8.53. The second-order valence-electron chi connectivity index (χ2n) is 6.89. The van der Waals surface area contributed by atoms with Gasteiger partial charge in [-0.2, -0.15) is 0 Å². The number of aryl methyl sites for hydroxylation is 1. The van der Waals surface area contributed by atoms with E-state index in [4.69, 9.17) is 10.3 Å². The van der Waals surface area contributed by atoms with Crippen LogP contribution in [-0.2, 0) is 0 Å². The van der Waals surface area contributed by atoms with Crippen molar-refractivity contribution in [2.24, 2.45) is 11.7 Å². The Bertz CT molecular complexity index is 709. The molecule has 1 aliphatic heterocycles. The molecule has 5 heteroatoms. The van der Waals surface area contributed by atoms with Gasteiger partial charge >= 0.3 is 0 Å². The molecule has 1 aromatic carbocycles. The molecule has 0 bridgehead atoms. The van der Waals surface area contributed by atoms with Crippen LogP contribution in [0.2, 0.25) is 0 Å². The van der Waals surface area contributed by atoms with Crippen LogP contribution in [-0.4, -0.2) is 35.6 Å². The Hall–Kier alpha value is -2.14. The van der Waals surface area contributed by atoms with Crippen LogP contribution in [0.15, 0.2) is 34.9 Å². The lowest BCUT2D eigenvalue weighted by Crippen LogP contribution is -2.30. The van der Waals surface area contributed by atoms with Gasteiger partial charge in [0, 0.05) is 24.9 Å². The minimum atomic E-state index is 0.00864. The summed E-state index contributed by atoms with van der Waals surface area (Å²) in [5, 5.41) is 4.00. The lowest BCUT2D eigenvalue weighted by Gasteiger charge is -2.17. The third-order valence-corrected chi connectivity index (χ3v) is 4.89. The Morgan fingerprint density at radius 1 is 1.33 bits per heavy atom. The summed E-state index contributed by atoms with van der Waals surface area (Å²) in [6, 6.07) is 10.3. The van der Waals surface area contributed by atoms with Crippen molar-refractivity contribution < 1.29 is 9.32 Å². The largest absolute Gasteiger partial charge is 0.360 e. The highest BCUT2D eigenvalue weighted by Gasteiger charge is 2.37. The van der Waals surface area contributed by atoms with Gasteiger partial charge in [0.25, 0.3) is 5.91 Å². The Morgan fingerprint density at radius 3 is 2.67 bits per heavy atom. The van der Waals surface area contributed by atoms with Crippen LogP contribution in [0.5, 0.6) is 0 Å². The summed E-state index contributed by atoms with van der Waals surface area (Å²) >= 11 is 0. The van der Waals surface area contributed by atoms with E-state index in [0.717, 1.165) is 0 Å². The van der Waals surface area contributed by atoms with E-state index < -0.39 is 0 Å². The van der Waals surface area contributed by atoms with E-state index in [1.165, 1.54) is 5.56 Å². The maximum absolute atomic E-state index is 13.1. The first kappa shape index (κ1) is 16.7. The number of nitrogens with two attached hydrogens (primary N) is 1. The van der Waals surface area contributed by atoms with E-state index in [0.29, 0.717) is 36.7 Å². The zero-order valence-corrected chi connectivity index (χ0v) is 14.5. The van der Waals surface area contributed by atoms with Crippen LogP contribution in [0.4, 0.5) is 0 Å². The number of hydrogen-bond donors (Lipinski definition) is 1. The molecular formula is C19H25N3O2. The maximum Gasteiger partial charge on any atom is 0.259 e. The fourth-order valence-corrected chi connectivity index (χ4v) is 3.55. The molecule has 1 aromatic heterocycles. The van der Waals surface area contributed by atoms with Gasteiger partial charge in [0.05, 0.1) is 5.69 Å². The monoisotopic (exact) mass is 327 g/mol. The molecule has 2 heterocycles. The molecular weight excluding hydrogens is 302 g/mol. The van der Waals surface area contributed by atoms with Gasteiger partial charge in [-0.3, -0.25) is 4.79 Å². The van der Waals surface area contributed by atoms with Crippen molar-refractivity contribution in [3.63, 3.8) is 0 Å². The highest BCUT2D eigenvalue weighted by Crippen LogP contribution is 2.34. The van der Waals surface area contributed by atoms with Crippen LogP contribution in [0.3, 0.4) is 0 Å². The fourth-order valence-electron chi connectivity index (χ4n) is 3.55. The number of nitrogens with zero attached hydrogens (tertiary/aromatic N) is 2. The van der Waals surface area contributed by atoms with E-state index in [-0.39, 0.29) is 23.7 Å². The van der Waals surface area contributed by atoms with Gasteiger partial charge in [-0.15, -0.1) is 0 Å². The molecule has 1 saturated heterocycles. The van der Waals surface area contributed by atoms with E-state index in [9.17, 15) is 4.79 Å². The van der Waals surface area contributed by atoms with Gasteiger partial charge in [-0.05, 0) is 24.9 Å².